The molecule has 3 aromatic carbocycles. The van der Waals surface area contributed by atoms with Crippen LogP contribution in [0.3, 0.4) is 0 Å². The van der Waals surface area contributed by atoms with Crippen LogP contribution in [0, 0.1) is 0 Å². The first kappa shape index (κ1) is 24.7. The van der Waals surface area contributed by atoms with E-state index >= 15 is 0 Å². The van der Waals surface area contributed by atoms with Crippen molar-refractivity contribution < 1.29 is 23.8 Å². The van der Waals surface area contributed by atoms with Crippen molar-refractivity contribution in [1.82, 2.24) is 0 Å². The minimum absolute atomic E-state index is 0.0317. The van der Waals surface area contributed by atoms with Crippen LogP contribution in [0.4, 0.5) is 5.69 Å². The van der Waals surface area contributed by atoms with Gasteiger partial charge in [-0.15, -0.1) is 0 Å². The molecular weight excluding hydrogens is 490 g/mol. The fraction of sp³-hybridized carbons (Fsp3) is 0.200. The van der Waals surface area contributed by atoms with Crippen molar-refractivity contribution in [1.29, 1.82) is 0 Å². The van der Waals surface area contributed by atoms with Gasteiger partial charge in [-0.3, -0.25) is 14.5 Å². The molecule has 0 spiro atoms. The van der Waals surface area contributed by atoms with Crippen molar-refractivity contribution in [2.45, 2.75) is 32.2 Å². The van der Waals surface area contributed by atoms with Crippen molar-refractivity contribution in [3.05, 3.63) is 106 Å². The number of amides is 1. The van der Waals surface area contributed by atoms with Crippen LogP contribution in [-0.4, -0.2) is 23.9 Å². The molecule has 0 fully saturated rings. The highest BCUT2D eigenvalue weighted by Crippen LogP contribution is 2.43. The van der Waals surface area contributed by atoms with Gasteiger partial charge in [-0.2, -0.15) is 0 Å². The number of hydrogen-bond donors (Lipinski definition) is 1. The molecule has 5 rings (SSSR count). The smallest absolute Gasteiger partial charge is 0.294 e. The van der Waals surface area contributed by atoms with Crippen LogP contribution in [0.25, 0.3) is 11.0 Å². The lowest BCUT2D eigenvalue weighted by Gasteiger charge is -2.27. The van der Waals surface area contributed by atoms with Crippen LogP contribution < -0.4 is 9.64 Å². The van der Waals surface area contributed by atoms with E-state index in [9.17, 15) is 14.7 Å². The van der Waals surface area contributed by atoms with Gasteiger partial charge < -0.3 is 14.3 Å². The second kappa shape index (κ2) is 9.12. The average Bonchev–Trinajstić information content (AvgIpc) is 3.42. The third-order valence-electron chi connectivity index (χ3n) is 6.57. The van der Waals surface area contributed by atoms with E-state index < -0.39 is 23.5 Å². The first-order valence-corrected chi connectivity index (χ1v) is 12.2. The third-order valence-corrected chi connectivity index (χ3v) is 6.79. The zero-order valence-corrected chi connectivity index (χ0v) is 21.7. The minimum Gasteiger partial charge on any atom is -0.503 e. The van der Waals surface area contributed by atoms with Gasteiger partial charge in [-0.1, -0.05) is 74.8 Å². The SMILES string of the molecule is COc1cc(Cl)cc2cc(C(=O)C3=C(O)C(=O)N(c4ccc(C(C)(C)C)cc4)C3c3ccccc3)oc12. The van der Waals surface area contributed by atoms with Crippen LogP contribution >= 0.6 is 11.6 Å². The normalized spacial score (nSPS) is 16.1. The summed E-state index contributed by atoms with van der Waals surface area (Å²) in [5, 5.41) is 12.0. The number of fused-ring (bicyclic) bond motifs is 1. The summed E-state index contributed by atoms with van der Waals surface area (Å²) in [7, 11) is 1.48. The second-order valence-corrected chi connectivity index (χ2v) is 10.5. The average molecular weight is 516 g/mol. The summed E-state index contributed by atoms with van der Waals surface area (Å²) in [5.74, 6) is -1.51. The molecular formula is C30H26ClNO5. The maximum atomic E-state index is 13.8. The number of carbonyl (C=O) groups is 2. The molecule has 37 heavy (non-hydrogen) atoms. The standard InChI is InChI=1S/C30H26ClNO5/c1-30(2,3)19-10-12-21(13-11-19)32-25(17-8-6-5-7-9-17)24(27(34)29(32)35)26(33)22-15-18-14-20(31)16-23(36-4)28(18)37-22/h5-16,25,34H,1-4H3. The molecule has 1 aliphatic rings. The van der Waals surface area contributed by atoms with Gasteiger partial charge in [0.2, 0.25) is 5.78 Å². The molecule has 1 N–H and O–H groups in total. The molecule has 0 radical (unpaired) electrons. The highest BCUT2D eigenvalue weighted by Gasteiger charge is 2.45. The van der Waals surface area contributed by atoms with E-state index in [4.69, 9.17) is 20.8 Å². The van der Waals surface area contributed by atoms with Gasteiger partial charge >= 0.3 is 0 Å². The summed E-state index contributed by atoms with van der Waals surface area (Å²) >= 11 is 6.18. The van der Waals surface area contributed by atoms with E-state index in [-0.39, 0.29) is 16.7 Å². The molecule has 1 aliphatic heterocycles. The van der Waals surface area contributed by atoms with Crippen LogP contribution in [0.2, 0.25) is 5.02 Å². The number of nitrogens with zero attached hydrogens (tertiary/aromatic N) is 1. The lowest BCUT2D eigenvalue weighted by atomic mass is 9.87. The van der Waals surface area contributed by atoms with E-state index in [1.807, 2.05) is 54.6 Å². The molecule has 0 bridgehead atoms. The lowest BCUT2D eigenvalue weighted by molar-refractivity contribution is -0.117. The Balaban J connectivity index is 1.63. The Bertz CT molecular complexity index is 1540. The van der Waals surface area contributed by atoms with Crippen molar-refractivity contribution in [2.75, 3.05) is 12.0 Å². The molecule has 1 atom stereocenters. The molecule has 188 valence electrons. The number of carbonyl (C=O) groups excluding carboxylic acids is 2. The Hall–Kier alpha value is -4.03. The number of hydrogen-bond acceptors (Lipinski definition) is 5. The van der Waals surface area contributed by atoms with Crippen LogP contribution in [0.5, 0.6) is 5.75 Å². The fourth-order valence-electron chi connectivity index (χ4n) is 4.66. The van der Waals surface area contributed by atoms with Gasteiger partial charge in [0, 0.05) is 22.2 Å². The summed E-state index contributed by atoms with van der Waals surface area (Å²) in [4.78, 5) is 28.7. The number of halogens is 1. The number of aliphatic hydroxyl groups excluding tert-OH is 1. The summed E-state index contributed by atoms with van der Waals surface area (Å²) < 4.78 is 11.2. The maximum Gasteiger partial charge on any atom is 0.294 e. The van der Waals surface area contributed by atoms with Crippen molar-refractivity contribution in [2.24, 2.45) is 0 Å². The number of aliphatic hydroxyl groups is 1. The maximum absolute atomic E-state index is 13.8. The number of anilines is 1. The summed E-state index contributed by atoms with van der Waals surface area (Å²) in [5.41, 5.74) is 2.58. The van der Waals surface area contributed by atoms with E-state index in [1.54, 1.807) is 18.2 Å². The van der Waals surface area contributed by atoms with E-state index in [0.717, 1.165) is 5.56 Å². The molecule has 0 saturated heterocycles. The van der Waals surface area contributed by atoms with E-state index in [2.05, 4.69) is 20.8 Å². The Morgan fingerprint density at radius 2 is 1.70 bits per heavy atom. The highest BCUT2D eigenvalue weighted by molar-refractivity contribution is 6.31. The third kappa shape index (κ3) is 4.27. The lowest BCUT2D eigenvalue weighted by Crippen LogP contribution is -2.31. The van der Waals surface area contributed by atoms with Gasteiger partial charge in [-0.05, 0) is 40.8 Å². The van der Waals surface area contributed by atoms with Crippen molar-refractivity contribution >= 4 is 39.9 Å². The number of benzene rings is 3. The molecule has 1 aromatic heterocycles. The Morgan fingerprint density at radius 3 is 2.32 bits per heavy atom. The van der Waals surface area contributed by atoms with Gasteiger partial charge in [-0.25, -0.2) is 0 Å². The van der Waals surface area contributed by atoms with Crippen LogP contribution in [0.15, 0.2) is 88.5 Å². The first-order chi connectivity index (χ1) is 17.6. The minimum atomic E-state index is -0.847. The van der Waals surface area contributed by atoms with E-state index in [1.165, 1.54) is 12.0 Å². The predicted octanol–water partition coefficient (Wildman–Crippen LogP) is 7.18. The Kier molecular flexibility index (Phi) is 6.08. The van der Waals surface area contributed by atoms with Crippen LogP contribution in [0.1, 0.15) is 48.5 Å². The molecule has 1 amide bonds. The number of furan rings is 1. The largest absolute Gasteiger partial charge is 0.503 e. The van der Waals surface area contributed by atoms with Gasteiger partial charge in [0.25, 0.3) is 5.91 Å². The summed E-state index contributed by atoms with van der Waals surface area (Å²) in [6.07, 6.45) is 0. The van der Waals surface area contributed by atoms with E-state index in [0.29, 0.717) is 33.0 Å². The Morgan fingerprint density at radius 1 is 1.03 bits per heavy atom. The second-order valence-electron chi connectivity index (χ2n) is 10.0. The molecule has 0 saturated carbocycles. The van der Waals surface area contributed by atoms with Crippen molar-refractivity contribution in [3.8, 4) is 5.75 Å². The van der Waals surface area contributed by atoms with Crippen molar-refractivity contribution in [3.63, 3.8) is 0 Å². The number of ketones is 1. The quantitative estimate of drug-likeness (QED) is 0.285. The topological polar surface area (TPSA) is 80.0 Å². The summed E-state index contributed by atoms with van der Waals surface area (Å²) in [6, 6.07) is 20.7. The van der Waals surface area contributed by atoms with Gasteiger partial charge in [0.1, 0.15) is 0 Å². The first-order valence-electron chi connectivity index (χ1n) is 11.8. The Labute approximate surface area is 219 Å². The number of ether oxygens (including phenoxy) is 1. The zero-order valence-electron chi connectivity index (χ0n) is 20.9. The van der Waals surface area contributed by atoms with Gasteiger partial charge in [0.05, 0.1) is 18.7 Å². The predicted molar refractivity (Wildman–Crippen MR) is 144 cm³/mol. The number of methoxy groups -OCH3 is 1. The molecule has 0 aliphatic carbocycles. The monoisotopic (exact) mass is 515 g/mol. The molecule has 4 aromatic rings. The fourth-order valence-corrected chi connectivity index (χ4v) is 4.88. The number of rotatable bonds is 5. The highest BCUT2D eigenvalue weighted by atomic mass is 35.5. The number of Topliss-reactive ketones (excluding diaryl/α,β-unsaturated/α-hetero) is 1. The van der Waals surface area contributed by atoms with Crippen LogP contribution in [-0.2, 0) is 10.2 Å². The molecule has 2 heterocycles. The molecule has 1 unspecified atom stereocenters. The molecule has 7 heteroatoms. The van der Waals surface area contributed by atoms with Gasteiger partial charge in [0.15, 0.2) is 22.9 Å². The summed E-state index contributed by atoms with van der Waals surface area (Å²) in [6.45, 7) is 6.32. The zero-order chi connectivity index (χ0) is 26.5. The molecule has 6 nitrogen and oxygen atoms in total.